The van der Waals surface area contributed by atoms with E-state index in [4.69, 9.17) is 0 Å². The summed E-state index contributed by atoms with van der Waals surface area (Å²) < 4.78 is 0. The van der Waals surface area contributed by atoms with Crippen LogP contribution >= 0.6 is 0 Å². The summed E-state index contributed by atoms with van der Waals surface area (Å²) in [6, 6.07) is 37.0. The van der Waals surface area contributed by atoms with E-state index in [2.05, 4.69) is 211 Å². The minimum atomic E-state index is -0.110. The standard InChI is InChI=1S/C50H46N2/c1-3-37-50(2)38-35-49(36-39-50)52(45-17-11-6-12-18-45)48-33-27-43(28-34-48)22-21-42-25-31-47(32-26-42)51(44-15-9-5-10-16-44)46-29-23-41(24-30-46)20-19-40-13-7-4-8-14-40/h5,7,9-11,13-36,38H,4,6,8,12,39H2,1-2H3/b20-19+,22-21+. The van der Waals surface area contributed by atoms with Gasteiger partial charge in [0, 0.05) is 34.1 Å². The van der Waals surface area contributed by atoms with Gasteiger partial charge in [0.15, 0.2) is 0 Å². The molecule has 4 aromatic rings. The number of benzene rings is 4. The predicted molar refractivity (Wildman–Crippen MR) is 224 cm³/mol. The van der Waals surface area contributed by atoms with Gasteiger partial charge >= 0.3 is 0 Å². The van der Waals surface area contributed by atoms with Crippen LogP contribution in [0, 0.1) is 17.3 Å². The normalized spacial score (nSPS) is 18.1. The molecule has 2 heteroatoms. The largest absolute Gasteiger partial charge is 0.311 e. The first kappa shape index (κ1) is 34.4. The Bertz CT molecular complexity index is 2160. The minimum Gasteiger partial charge on any atom is -0.311 e. The fraction of sp³-hybridized carbons (Fsp3) is 0.160. The summed E-state index contributed by atoms with van der Waals surface area (Å²) in [5, 5.41) is 0. The lowest BCUT2D eigenvalue weighted by Gasteiger charge is -2.32. The van der Waals surface area contributed by atoms with E-state index in [1.807, 2.05) is 6.92 Å². The van der Waals surface area contributed by atoms with Crippen molar-refractivity contribution in [2.75, 3.05) is 9.80 Å². The molecule has 0 fully saturated rings. The molecule has 0 aliphatic heterocycles. The molecule has 1 unspecified atom stereocenters. The van der Waals surface area contributed by atoms with E-state index in [0.29, 0.717) is 0 Å². The van der Waals surface area contributed by atoms with Crippen LogP contribution in [0.5, 0.6) is 0 Å². The molecule has 7 rings (SSSR count). The number of rotatable bonds is 10. The molecule has 3 aliphatic rings. The summed E-state index contributed by atoms with van der Waals surface area (Å²) in [7, 11) is 0. The maximum atomic E-state index is 3.37. The number of para-hydroxylation sites is 1. The highest BCUT2D eigenvalue weighted by Gasteiger charge is 2.23. The zero-order valence-corrected chi connectivity index (χ0v) is 30.3. The second kappa shape index (κ2) is 16.3. The van der Waals surface area contributed by atoms with Gasteiger partial charge in [-0.25, -0.2) is 0 Å². The Hall–Kier alpha value is -6.04. The lowest BCUT2D eigenvalue weighted by Crippen LogP contribution is -2.24. The van der Waals surface area contributed by atoms with Crippen molar-refractivity contribution in [3.05, 3.63) is 198 Å². The average molecular weight is 675 g/mol. The zero-order valence-electron chi connectivity index (χ0n) is 30.3. The van der Waals surface area contributed by atoms with Crippen LogP contribution in [-0.4, -0.2) is 0 Å². The van der Waals surface area contributed by atoms with Crippen LogP contribution < -0.4 is 9.80 Å². The summed E-state index contributed by atoms with van der Waals surface area (Å²) in [5.74, 6) is 6.47. The van der Waals surface area contributed by atoms with E-state index < -0.39 is 0 Å². The number of nitrogens with zero attached hydrogens (tertiary/aromatic N) is 2. The van der Waals surface area contributed by atoms with Gasteiger partial charge in [0.1, 0.15) is 0 Å². The second-order valence-corrected chi connectivity index (χ2v) is 13.7. The van der Waals surface area contributed by atoms with E-state index in [0.717, 1.165) is 66.0 Å². The van der Waals surface area contributed by atoms with Crippen molar-refractivity contribution in [3.63, 3.8) is 0 Å². The minimum absolute atomic E-state index is 0.110. The van der Waals surface area contributed by atoms with Crippen molar-refractivity contribution in [1.29, 1.82) is 0 Å². The van der Waals surface area contributed by atoms with Gasteiger partial charge < -0.3 is 9.80 Å². The summed E-state index contributed by atoms with van der Waals surface area (Å²) in [6.45, 7) is 4.12. The highest BCUT2D eigenvalue weighted by Crippen LogP contribution is 2.36. The molecule has 0 heterocycles. The molecule has 0 amide bonds. The number of allylic oxidation sites excluding steroid dienone is 11. The van der Waals surface area contributed by atoms with Crippen LogP contribution in [0.25, 0.3) is 18.2 Å². The monoisotopic (exact) mass is 674 g/mol. The smallest absolute Gasteiger partial charge is 0.0504 e. The Balaban J connectivity index is 1.07. The summed E-state index contributed by atoms with van der Waals surface area (Å²) in [5.41, 5.74) is 11.6. The van der Waals surface area contributed by atoms with Gasteiger partial charge in [-0.05, 0) is 129 Å². The van der Waals surface area contributed by atoms with Crippen LogP contribution in [0.4, 0.5) is 22.7 Å². The van der Waals surface area contributed by atoms with E-state index in [9.17, 15) is 0 Å². The Morgan fingerprint density at radius 3 is 1.54 bits per heavy atom. The van der Waals surface area contributed by atoms with E-state index in [-0.39, 0.29) is 5.41 Å². The third kappa shape index (κ3) is 8.45. The fourth-order valence-electron chi connectivity index (χ4n) is 6.85. The molecule has 4 aromatic carbocycles. The first-order valence-electron chi connectivity index (χ1n) is 18.5. The lowest BCUT2D eigenvalue weighted by atomic mass is 9.83. The zero-order chi connectivity index (χ0) is 35.6. The van der Waals surface area contributed by atoms with Gasteiger partial charge in [-0.2, -0.15) is 0 Å². The van der Waals surface area contributed by atoms with E-state index in [1.54, 1.807) is 0 Å². The lowest BCUT2D eigenvalue weighted by molar-refractivity contribution is 0.577. The summed E-state index contributed by atoms with van der Waals surface area (Å²) in [4.78, 5) is 4.68. The van der Waals surface area contributed by atoms with Crippen molar-refractivity contribution < 1.29 is 0 Å². The van der Waals surface area contributed by atoms with Gasteiger partial charge in [0.05, 0.1) is 5.41 Å². The highest BCUT2D eigenvalue weighted by atomic mass is 15.2. The molecule has 52 heavy (non-hydrogen) atoms. The van der Waals surface area contributed by atoms with Gasteiger partial charge in [0.2, 0.25) is 0 Å². The van der Waals surface area contributed by atoms with Crippen molar-refractivity contribution >= 4 is 41.0 Å². The van der Waals surface area contributed by atoms with E-state index in [1.165, 1.54) is 22.5 Å². The molecule has 0 N–H and O–H groups in total. The Labute approximate surface area is 310 Å². The van der Waals surface area contributed by atoms with Crippen LogP contribution in [0.15, 0.2) is 181 Å². The number of hydrogen-bond donors (Lipinski definition) is 0. The fourth-order valence-corrected chi connectivity index (χ4v) is 6.85. The highest BCUT2D eigenvalue weighted by molar-refractivity contribution is 5.79. The maximum absolute atomic E-state index is 3.37. The Morgan fingerprint density at radius 2 is 1.04 bits per heavy atom. The van der Waals surface area contributed by atoms with Gasteiger partial charge in [0.25, 0.3) is 0 Å². The van der Waals surface area contributed by atoms with Gasteiger partial charge in [-0.15, -0.1) is 5.92 Å². The van der Waals surface area contributed by atoms with Crippen LogP contribution in [0.1, 0.15) is 62.6 Å². The number of hydrogen-bond acceptors (Lipinski definition) is 2. The van der Waals surface area contributed by atoms with Gasteiger partial charge in [-0.3, -0.25) is 0 Å². The molecular weight excluding hydrogens is 629 g/mol. The molecule has 0 spiro atoms. The van der Waals surface area contributed by atoms with Crippen LogP contribution in [-0.2, 0) is 0 Å². The Morgan fingerprint density at radius 1 is 0.519 bits per heavy atom. The quantitative estimate of drug-likeness (QED) is 0.122. The third-order valence-corrected chi connectivity index (χ3v) is 9.69. The van der Waals surface area contributed by atoms with E-state index >= 15 is 0 Å². The maximum Gasteiger partial charge on any atom is 0.0504 e. The molecule has 0 saturated carbocycles. The van der Waals surface area contributed by atoms with Crippen molar-refractivity contribution in [2.24, 2.45) is 5.41 Å². The SMILES string of the molecule is CC#CC1(C)C=CC(N(C2=CCCC=C2)c2ccc(/C=C/c3ccc(N(c4ccccc4)c4ccc(/C=C/C5=CCCC=C5)cc4)cc3)cc2)=CC1. The molecule has 0 radical (unpaired) electrons. The molecule has 256 valence electrons. The third-order valence-electron chi connectivity index (χ3n) is 9.69. The second-order valence-electron chi connectivity index (χ2n) is 13.7. The molecule has 0 aromatic heterocycles. The average Bonchev–Trinajstić information content (AvgIpc) is 3.20. The number of anilines is 4. The van der Waals surface area contributed by atoms with Crippen LogP contribution in [0.2, 0.25) is 0 Å². The molecule has 0 bridgehead atoms. The van der Waals surface area contributed by atoms with Crippen LogP contribution in [0.3, 0.4) is 0 Å². The molecule has 3 aliphatic carbocycles. The summed E-state index contributed by atoms with van der Waals surface area (Å²) >= 11 is 0. The first-order valence-corrected chi connectivity index (χ1v) is 18.5. The predicted octanol–water partition coefficient (Wildman–Crippen LogP) is 13.5. The first-order chi connectivity index (χ1) is 25.6. The molecule has 1 atom stereocenters. The van der Waals surface area contributed by atoms with Crippen molar-refractivity contribution in [3.8, 4) is 11.8 Å². The molecular formula is C50H46N2. The molecule has 0 saturated heterocycles. The van der Waals surface area contributed by atoms with Crippen molar-refractivity contribution in [1.82, 2.24) is 0 Å². The van der Waals surface area contributed by atoms with Crippen molar-refractivity contribution in [2.45, 2.75) is 46.0 Å². The van der Waals surface area contributed by atoms with Gasteiger partial charge in [-0.1, -0.05) is 127 Å². The topological polar surface area (TPSA) is 6.48 Å². The summed E-state index contributed by atoms with van der Waals surface area (Å²) in [6.07, 6.45) is 34.5. The molecule has 2 nitrogen and oxygen atoms in total. The Kier molecular flexibility index (Phi) is 10.8.